The molecule has 1 rings (SSSR count). The van der Waals surface area contributed by atoms with Gasteiger partial charge < -0.3 is 16.0 Å². The Balaban J connectivity index is 2.74. The zero-order valence-corrected chi connectivity index (χ0v) is 11.5. The van der Waals surface area contributed by atoms with Crippen LogP contribution in [0.2, 0.25) is 0 Å². The van der Waals surface area contributed by atoms with Crippen molar-refractivity contribution in [3.8, 4) is 0 Å². The number of carbonyl (C=O) groups excluding carboxylic acids is 1. The molecule has 5 heteroatoms. The van der Waals surface area contributed by atoms with E-state index in [1.165, 1.54) is 0 Å². The molecule has 5 nitrogen and oxygen atoms in total. The second-order valence-electron chi connectivity index (χ2n) is 4.76. The molecule has 100 valence electrons. The number of rotatable bonds is 5. The van der Waals surface area contributed by atoms with Gasteiger partial charge in [-0.05, 0) is 38.5 Å². The molecule has 1 aromatic heterocycles. The van der Waals surface area contributed by atoms with Crippen molar-refractivity contribution in [2.75, 3.05) is 18.5 Å². The standard InChI is InChI=1S/C13H22N4O/c1-9(2)15-13(18)8-17(4)12-6-11(7-14)5-10(3)16-12/h5-6,9H,7-8,14H2,1-4H3,(H,15,18). The first-order valence-corrected chi connectivity index (χ1v) is 6.10. The van der Waals surface area contributed by atoms with Gasteiger partial charge in [0.05, 0.1) is 6.54 Å². The fourth-order valence-corrected chi connectivity index (χ4v) is 1.70. The molecule has 0 unspecified atom stereocenters. The minimum Gasteiger partial charge on any atom is -0.352 e. The largest absolute Gasteiger partial charge is 0.352 e. The fraction of sp³-hybridized carbons (Fsp3) is 0.538. The third kappa shape index (κ3) is 4.33. The number of pyridine rings is 1. The Hall–Kier alpha value is -1.62. The Kier molecular flexibility index (Phi) is 5.09. The predicted octanol–water partition coefficient (Wildman–Crippen LogP) is 0.810. The molecule has 3 N–H and O–H groups in total. The van der Waals surface area contributed by atoms with E-state index in [9.17, 15) is 4.79 Å². The number of hydrogen-bond acceptors (Lipinski definition) is 4. The number of anilines is 1. The SMILES string of the molecule is Cc1cc(CN)cc(N(C)CC(=O)NC(C)C)n1. The Labute approximate surface area is 108 Å². The number of aryl methyl sites for hydroxylation is 1. The highest BCUT2D eigenvalue weighted by atomic mass is 16.2. The predicted molar refractivity (Wildman–Crippen MR) is 73.4 cm³/mol. The zero-order chi connectivity index (χ0) is 13.7. The van der Waals surface area contributed by atoms with Gasteiger partial charge in [0.15, 0.2) is 0 Å². The summed E-state index contributed by atoms with van der Waals surface area (Å²) >= 11 is 0. The van der Waals surface area contributed by atoms with E-state index in [4.69, 9.17) is 5.73 Å². The monoisotopic (exact) mass is 250 g/mol. The van der Waals surface area contributed by atoms with Gasteiger partial charge in [-0.3, -0.25) is 4.79 Å². The molecule has 0 aliphatic heterocycles. The number of hydrogen-bond donors (Lipinski definition) is 2. The molecule has 0 aliphatic carbocycles. The van der Waals surface area contributed by atoms with Gasteiger partial charge in [-0.25, -0.2) is 4.98 Å². The number of nitrogens with one attached hydrogen (secondary N) is 1. The second-order valence-corrected chi connectivity index (χ2v) is 4.76. The summed E-state index contributed by atoms with van der Waals surface area (Å²) in [6.07, 6.45) is 0. The topological polar surface area (TPSA) is 71.2 Å². The van der Waals surface area contributed by atoms with E-state index in [0.717, 1.165) is 17.1 Å². The molecule has 0 aliphatic rings. The van der Waals surface area contributed by atoms with E-state index < -0.39 is 0 Å². The third-order valence-corrected chi connectivity index (χ3v) is 2.46. The number of nitrogens with two attached hydrogens (primary N) is 1. The van der Waals surface area contributed by atoms with Gasteiger partial charge in [0.1, 0.15) is 5.82 Å². The Morgan fingerprint density at radius 1 is 1.50 bits per heavy atom. The van der Waals surface area contributed by atoms with Crippen LogP contribution in [0.1, 0.15) is 25.1 Å². The summed E-state index contributed by atoms with van der Waals surface area (Å²) in [5, 5.41) is 2.85. The van der Waals surface area contributed by atoms with E-state index in [2.05, 4.69) is 10.3 Å². The van der Waals surface area contributed by atoms with Crippen LogP contribution in [0, 0.1) is 6.92 Å². The first kappa shape index (κ1) is 14.4. The van der Waals surface area contributed by atoms with Crippen LogP contribution in [0.4, 0.5) is 5.82 Å². The summed E-state index contributed by atoms with van der Waals surface area (Å²) in [7, 11) is 1.85. The molecule has 0 fully saturated rings. The molecule has 1 aromatic rings. The summed E-state index contributed by atoms with van der Waals surface area (Å²) in [6.45, 7) is 6.57. The molecule has 0 atom stereocenters. The minimum atomic E-state index is -0.00916. The molecule has 18 heavy (non-hydrogen) atoms. The molecule has 0 saturated carbocycles. The maximum Gasteiger partial charge on any atom is 0.239 e. The molecule has 0 radical (unpaired) electrons. The highest BCUT2D eigenvalue weighted by Crippen LogP contribution is 2.13. The first-order chi connectivity index (χ1) is 8.42. The highest BCUT2D eigenvalue weighted by molar-refractivity contribution is 5.81. The van der Waals surface area contributed by atoms with Crippen molar-refractivity contribution in [1.82, 2.24) is 10.3 Å². The Morgan fingerprint density at radius 3 is 2.72 bits per heavy atom. The molecule has 0 spiro atoms. The maximum atomic E-state index is 11.7. The number of carbonyl (C=O) groups is 1. The van der Waals surface area contributed by atoms with Crippen LogP contribution < -0.4 is 16.0 Å². The maximum absolute atomic E-state index is 11.7. The van der Waals surface area contributed by atoms with Gasteiger partial charge in [-0.2, -0.15) is 0 Å². The second kappa shape index (κ2) is 6.35. The van der Waals surface area contributed by atoms with Crippen molar-refractivity contribution >= 4 is 11.7 Å². The smallest absolute Gasteiger partial charge is 0.239 e. The van der Waals surface area contributed by atoms with Crippen molar-refractivity contribution in [3.05, 3.63) is 23.4 Å². The van der Waals surface area contributed by atoms with E-state index >= 15 is 0 Å². The van der Waals surface area contributed by atoms with Gasteiger partial charge in [0.2, 0.25) is 5.91 Å². The van der Waals surface area contributed by atoms with Gasteiger partial charge in [0, 0.05) is 25.3 Å². The molecular formula is C13H22N4O. The van der Waals surface area contributed by atoms with Gasteiger partial charge in [-0.1, -0.05) is 0 Å². The third-order valence-electron chi connectivity index (χ3n) is 2.46. The molecule has 0 aromatic carbocycles. The van der Waals surface area contributed by atoms with Crippen LogP contribution >= 0.6 is 0 Å². The van der Waals surface area contributed by atoms with Gasteiger partial charge in [0.25, 0.3) is 0 Å². The zero-order valence-electron chi connectivity index (χ0n) is 11.5. The first-order valence-electron chi connectivity index (χ1n) is 6.10. The Bertz CT molecular complexity index is 417. The van der Waals surface area contributed by atoms with Crippen LogP contribution in [-0.2, 0) is 11.3 Å². The van der Waals surface area contributed by atoms with E-state index in [0.29, 0.717) is 13.1 Å². The van der Waals surface area contributed by atoms with Crippen LogP contribution in [0.25, 0.3) is 0 Å². The van der Waals surface area contributed by atoms with Crippen molar-refractivity contribution < 1.29 is 4.79 Å². The molecule has 0 saturated heterocycles. The fourth-order valence-electron chi connectivity index (χ4n) is 1.70. The lowest BCUT2D eigenvalue weighted by Crippen LogP contribution is -2.38. The quantitative estimate of drug-likeness (QED) is 0.811. The number of nitrogens with zero attached hydrogens (tertiary/aromatic N) is 2. The van der Waals surface area contributed by atoms with Crippen LogP contribution in [0.3, 0.4) is 0 Å². The normalized spacial score (nSPS) is 10.6. The molecule has 1 heterocycles. The summed E-state index contributed by atoms with van der Waals surface area (Å²) in [5.74, 6) is 0.763. The summed E-state index contributed by atoms with van der Waals surface area (Å²) < 4.78 is 0. The average molecular weight is 250 g/mol. The number of likely N-dealkylation sites (N-methyl/N-ethyl adjacent to an activating group) is 1. The van der Waals surface area contributed by atoms with Crippen LogP contribution in [0.5, 0.6) is 0 Å². The summed E-state index contributed by atoms with van der Waals surface area (Å²) in [5.41, 5.74) is 7.56. The van der Waals surface area contributed by atoms with E-state index in [1.807, 2.05) is 44.9 Å². The lowest BCUT2D eigenvalue weighted by molar-refractivity contribution is -0.120. The van der Waals surface area contributed by atoms with Crippen molar-refractivity contribution in [3.63, 3.8) is 0 Å². The van der Waals surface area contributed by atoms with Crippen molar-refractivity contribution in [2.45, 2.75) is 33.4 Å². The van der Waals surface area contributed by atoms with Crippen molar-refractivity contribution in [1.29, 1.82) is 0 Å². The molecular weight excluding hydrogens is 228 g/mol. The van der Waals surface area contributed by atoms with Gasteiger partial charge in [-0.15, -0.1) is 0 Å². The average Bonchev–Trinajstić information content (AvgIpc) is 2.26. The molecule has 1 amide bonds. The van der Waals surface area contributed by atoms with Crippen LogP contribution in [0.15, 0.2) is 12.1 Å². The lowest BCUT2D eigenvalue weighted by Gasteiger charge is -2.19. The number of aromatic nitrogens is 1. The highest BCUT2D eigenvalue weighted by Gasteiger charge is 2.10. The molecule has 0 bridgehead atoms. The number of amides is 1. The minimum absolute atomic E-state index is 0.00916. The summed E-state index contributed by atoms with van der Waals surface area (Å²) in [6, 6.07) is 4.01. The van der Waals surface area contributed by atoms with E-state index in [1.54, 1.807) is 0 Å². The van der Waals surface area contributed by atoms with Crippen molar-refractivity contribution in [2.24, 2.45) is 5.73 Å². The Morgan fingerprint density at radius 2 is 2.17 bits per heavy atom. The van der Waals surface area contributed by atoms with E-state index in [-0.39, 0.29) is 11.9 Å². The van der Waals surface area contributed by atoms with Crippen LogP contribution in [-0.4, -0.2) is 30.5 Å². The van der Waals surface area contributed by atoms with Gasteiger partial charge >= 0.3 is 0 Å². The summed E-state index contributed by atoms with van der Waals surface area (Å²) in [4.78, 5) is 17.9. The lowest BCUT2D eigenvalue weighted by atomic mass is 10.2.